The lowest BCUT2D eigenvalue weighted by atomic mass is 9.66. The van der Waals surface area contributed by atoms with Gasteiger partial charge in [0.05, 0.1) is 5.52 Å². The average molecular weight is 406 g/mol. The normalized spacial score (nSPS) is 32.8. The molecule has 0 radical (unpaired) electrons. The van der Waals surface area contributed by atoms with Crippen molar-refractivity contribution in [1.82, 2.24) is 4.98 Å². The van der Waals surface area contributed by atoms with Gasteiger partial charge in [-0.2, -0.15) is 0 Å². The Morgan fingerprint density at radius 2 is 1.33 bits per heavy atom. The Balaban J connectivity index is 1.83. The van der Waals surface area contributed by atoms with Crippen molar-refractivity contribution < 1.29 is 0 Å². The molecule has 4 rings (SSSR count). The molecule has 1 aromatic heterocycles. The van der Waals surface area contributed by atoms with Crippen molar-refractivity contribution in [3.8, 4) is 0 Å². The molecule has 1 heterocycles. The fourth-order valence-corrected chi connectivity index (χ4v) is 6.82. The molecule has 1 aromatic carbocycles. The van der Waals surface area contributed by atoms with Crippen LogP contribution in [0.4, 0.5) is 0 Å². The molecule has 0 aliphatic heterocycles. The van der Waals surface area contributed by atoms with Crippen LogP contribution in [0.25, 0.3) is 10.9 Å². The number of rotatable bonds is 4. The van der Waals surface area contributed by atoms with Crippen LogP contribution in [0.3, 0.4) is 0 Å². The molecule has 0 bridgehead atoms. The third-order valence-electron chi connectivity index (χ3n) is 8.59. The summed E-state index contributed by atoms with van der Waals surface area (Å²) >= 11 is 0. The highest BCUT2D eigenvalue weighted by atomic mass is 14.7. The highest BCUT2D eigenvalue weighted by molar-refractivity contribution is 5.83. The Bertz CT molecular complexity index is 851. The molecule has 2 fully saturated rings. The molecule has 0 saturated heterocycles. The fraction of sp³-hybridized carbons (Fsp3) is 0.690. The van der Waals surface area contributed by atoms with E-state index >= 15 is 0 Å². The number of hydrogen-bond donors (Lipinski definition) is 0. The molecule has 30 heavy (non-hydrogen) atoms. The second-order valence-electron chi connectivity index (χ2n) is 11.5. The van der Waals surface area contributed by atoms with E-state index in [1.165, 1.54) is 55.1 Å². The minimum atomic E-state index is 0.621. The van der Waals surface area contributed by atoms with Gasteiger partial charge in [-0.1, -0.05) is 72.6 Å². The van der Waals surface area contributed by atoms with Crippen LogP contribution in [-0.2, 0) is 0 Å². The molecular formula is C29H43N. The number of pyridine rings is 1. The van der Waals surface area contributed by atoms with Crippen LogP contribution in [0.5, 0.6) is 0 Å². The molecule has 1 nitrogen and oxygen atoms in total. The van der Waals surface area contributed by atoms with E-state index in [-0.39, 0.29) is 0 Å². The number of benzene rings is 1. The molecule has 0 spiro atoms. The first kappa shape index (κ1) is 21.8. The molecule has 1 heteroatoms. The quantitative estimate of drug-likeness (QED) is 0.496. The van der Waals surface area contributed by atoms with Gasteiger partial charge in [0.2, 0.25) is 0 Å². The van der Waals surface area contributed by atoms with Crippen LogP contribution in [0, 0.1) is 35.5 Å². The molecule has 164 valence electrons. The number of nitrogens with zero attached hydrogens (tertiary/aromatic N) is 1. The van der Waals surface area contributed by atoms with Crippen LogP contribution in [0.15, 0.2) is 30.3 Å². The lowest BCUT2D eigenvalue weighted by molar-refractivity contribution is 0.192. The van der Waals surface area contributed by atoms with Crippen molar-refractivity contribution in [1.29, 1.82) is 0 Å². The zero-order valence-electron chi connectivity index (χ0n) is 20.2. The van der Waals surface area contributed by atoms with E-state index in [2.05, 4.69) is 71.9 Å². The molecule has 2 aromatic rings. The monoisotopic (exact) mass is 405 g/mol. The summed E-state index contributed by atoms with van der Waals surface area (Å²) in [5.74, 6) is 6.00. The van der Waals surface area contributed by atoms with E-state index in [0.29, 0.717) is 11.8 Å². The number of para-hydroxylation sites is 1. The van der Waals surface area contributed by atoms with Gasteiger partial charge in [-0.3, -0.25) is 4.98 Å². The van der Waals surface area contributed by atoms with Crippen molar-refractivity contribution in [3.05, 3.63) is 41.6 Å². The third-order valence-corrected chi connectivity index (χ3v) is 8.59. The number of fused-ring (bicyclic) bond motifs is 1. The summed E-state index contributed by atoms with van der Waals surface area (Å²) < 4.78 is 0. The third kappa shape index (κ3) is 4.32. The van der Waals surface area contributed by atoms with Crippen LogP contribution in [-0.4, -0.2) is 4.98 Å². The summed E-state index contributed by atoms with van der Waals surface area (Å²) in [4.78, 5) is 5.31. The van der Waals surface area contributed by atoms with Gasteiger partial charge in [0.15, 0.2) is 0 Å². The van der Waals surface area contributed by atoms with Gasteiger partial charge in [0, 0.05) is 17.0 Å². The van der Waals surface area contributed by atoms with Gasteiger partial charge in [-0.25, -0.2) is 0 Å². The molecule has 0 amide bonds. The van der Waals surface area contributed by atoms with Crippen molar-refractivity contribution in [2.24, 2.45) is 35.5 Å². The number of aromatic nitrogens is 1. The fourth-order valence-electron chi connectivity index (χ4n) is 6.82. The van der Waals surface area contributed by atoms with Crippen LogP contribution in [0.2, 0.25) is 0 Å². The first-order chi connectivity index (χ1) is 14.3. The maximum atomic E-state index is 5.31. The number of hydrogen-bond acceptors (Lipinski definition) is 1. The van der Waals surface area contributed by atoms with Gasteiger partial charge < -0.3 is 0 Å². The molecule has 2 saturated carbocycles. The maximum absolute atomic E-state index is 5.31. The first-order valence-corrected chi connectivity index (χ1v) is 12.7. The Morgan fingerprint density at radius 1 is 0.767 bits per heavy atom. The van der Waals surface area contributed by atoms with Crippen molar-refractivity contribution in [2.45, 2.75) is 91.9 Å². The minimum absolute atomic E-state index is 0.621. The van der Waals surface area contributed by atoms with Crippen molar-refractivity contribution >= 4 is 10.9 Å². The summed E-state index contributed by atoms with van der Waals surface area (Å²) in [5, 5.41) is 1.41. The van der Waals surface area contributed by atoms with Crippen LogP contribution in [0.1, 0.15) is 103 Å². The first-order valence-electron chi connectivity index (χ1n) is 12.7. The minimum Gasteiger partial charge on any atom is -0.253 e. The maximum Gasteiger partial charge on any atom is 0.0708 e. The largest absolute Gasteiger partial charge is 0.253 e. The Kier molecular flexibility index (Phi) is 6.56. The highest BCUT2D eigenvalue weighted by Crippen LogP contribution is 2.48. The molecule has 2 aliphatic carbocycles. The summed E-state index contributed by atoms with van der Waals surface area (Å²) in [6.07, 6.45) is 8.17. The van der Waals surface area contributed by atoms with E-state index in [1.807, 2.05) is 0 Å². The Labute approximate surface area is 185 Å². The van der Waals surface area contributed by atoms with Gasteiger partial charge in [0.1, 0.15) is 0 Å². The predicted molar refractivity (Wildman–Crippen MR) is 130 cm³/mol. The predicted octanol–water partition coefficient (Wildman–Crippen LogP) is 8.59. The summed E-state index contributed by atoms with van der Waals surface area (Å²) in [5.41, 5.74) is 4.24. The van der Waals surface area contributed by atoms with Gasteiger partial charge in [-0.15, -0.1) is 0 Å². The topological polar surface area (TPSA) is 12.9 Å². The lowest BCUT2D eigenvalue weighted by Gasteiger charge is -2.40. The molecule has 6 unspecified atom stereocenters. The second-order valence-corrected chi connectivity index (χ2v) is 11.5. The molecular weight excluding hydrogens is 362 g/mol. The molecule has 2 aliphatic rings. The van der Waals surface area contributed by atoms with E-state index in [9.17, 15) is 0 Å². The van der Waals surface area contributed by atoms with E-state index < -0.39 is 0 Å². The van der Waals surface area contributed by atoms with Gasteiger partial charge in [-0.05, 0) is 84.8 Å². The standard InChI is InChI=1S/C29H43N/c1-18(2)22-13-11-20(5)15-25(22)26-17-29(30-28-10-8-7-9-24(26)28)27-16-21(6)12-14-23(27)19(3)4/h7-10,17-23,25,27H,11-16H2,1-6H3. The Morgan fingerprint density at radius 3 is 1.97 bits per heavy atom. The van der Waals surface area contributed by atoms with E-state index in [0.717, 1.165) is 35.5 Å². The van der Waals surface area contributed by atoms with Crippen molar-refractivity contribution in [3.63, 3.8) is 0 Å². The summed E-state index contributed by atoms with van der Waals surface area (Å²) in [7, 11) is 0. The second kappa shape index (κ2) is 9.01. The Hall–Kier alpha value is -1.37. The summed E-state index contributed by atoms with van der Waals surface area (Å²) in [6, 6.07) is 11.6. The smallest absolute Gasteiger partial charge is 0.0708 e. The highest BCUT2D eigenvalue weighted by Gasteiger charge is 2.36. The SMILES string of the molecule is CC1CCC(C(C)C)C(c2cc(C3CC(C)CCC3C(C)C)c3ccccc3n2)C1. The zero-order chi connectivity index (χ0) is 21.4. The molecule has 0 N–H and O–H groups in total. The van der Waals surface area contributed by atoms with Crippen molar-refractivity contribution in [2.75, 3.05) is 0 Å². The van der Waals surface area contributed by atoms with Crippen LogP contribution >= 0.6 is 0 Å². The summed E-state index contributed by atoms with van der Waals surface area (Å²) in [6.45, 7) is 14.6. The lowest BCUT2D eigenvalue weighted by Crippen LogP contribution is -2.28. The molecule has 6 atom stereocenters. The zero-order valence-corrected chi connectivity index (χ0v) is 20.2. The van der Waals surface area contributed by atoms with Gasteiger partial charge >= 0.3 is 0 Å². The van der Waals surface area contributed by atoms with E-state index in [1.54, 1.807) is 5.56 Å². The van der Waals surface area contributed by atoms with Gasteiger partial charge in [0.25, 0.3) is 0 Å². The van der Waals surface area contributed by atoms with Crippen LogP contribution < -0.4 is 0 Å². The average Bonchev–Trinajstić information content (AvgIpc) is 2.72. The van der Waals surface area contributed by atoms with E-state index in [4.69, 9.17) is 4.98 Å².